The van der Waals surface area contributed by atoms with Gasteiger partial charge in [-0.25, -0.2) is 0 Å². The second kappa shape index (κ2) is 7.26. The van der Waals surface area contributed by atoms with Crippen LogP contribution in [0.1, 0.15) is 11.1 Å². The lowest BCUT2D eigenvalue weighted by Gasteiger charge is -2.12. The number of fused-ring (bicyclic) bond motifs is 1. The number of methoxy groups -OCH3 is 3. The fourth-order valence-electron chi connectivity index (χ4n) is 3.04. The Morgan fingerprint density at radius 3 is 2.00 bits per heavy atom. The Morgan fingerprint density at radius 2 is 1.29 bits per heavy atom. The van der Waals surface area contributed by atoms with Gasteiger partial charge < -0.3 is 14.2 Å². The molecule has 0 fully saturated rings. The van der Waals surface area contributed by atoms with Crippen LogP contribution < -0.4 is 14.2 Å². The molecule has 3 aromatic carbocycles. The highest BCUT2D eigenvalue weighted by Crippen LogP contribution is 2.31. The Kier molecular flexibility index (Phi) is 4.90. The Bertz CT molecular complexity index is 840. The summed E-state index contributed by atoms with van der Waals surface area (Å²) in [6, 6.07) is 18.7. The minimum absolute atomic E-state index is 0.760. The van der Waals surface area contributed by atoms with Gasteiger partial charge in [-0.2, -0.15) is 0 Å². The van der Waals surface area contributed by atoms with Crippen molar-refractivity contribution in [2.75, 3.05) is 21.3 Å². The molecule has 24 heavy (non-hydrogen) atoms. The average molecular weight is 322 g/mol. The van der Waals surface area contributed by atoms with Gasteiger partial charge in [-0.05, 0) is 47.6 Å². The van der Waals surface area contributed by atoms with Gasteiger partial charge in [0, 0.05) is 5.39 Å². The average Bonchev–Trinajstić information content (AvgIpc) is 2.65. The highest BCUT2D eigenvalue weighted by atomic mass is 16.5. The molecule has 0 N–H and O–H groups in total. The lowest BCUT2D eigenvalue weighted by atomic mass is 9.98. The van der Waals surface area contributed by atoms with Crippen LogP contribution in [-0.4, -0.2) is 21.3 Å². The molecular formula is C21H22O3. The molecule has 0 heterocycles. The molecule has 0 atom stereocenters. The molecule has 0 bridgehead atoms. The number of ether oxygens (including phenoxy) is 3. The third kappa shape index (κ3) is 3.16. The zero-order valence-electron chi connectivity index (χ0n) is 14.3. The molecular weight excluding hydrogens is 300 g/mol. The molecule has 0 radical (unpaired) electrons. The number of aryl methyl sites for hydroxylation is 2. The fraction of sp³-hybridized carbons (Fsp3) is 0.238. The second-order valence-corrected chi connectivity index (χ2v) is 5.66. The lowest BCUT2D eigenvalue weighted by molar-refractivity contribution is 0.354. The summed E-state index contributed by atoms with van der Waals surface area (Å²) in [6.07, 6.45) is 1.90. The Morgan fingerprint density at radius 1 is 0.625 bits per heavy atom. The zero-order chi connectivity index (χ0) is 16.9. The SMILES string of the molecule is COc1ccc(CCc2ccc(OC)c3ccccc23)cc1OC. The lowest BCUT2D eigenvalue weighted by Crippen LogP contribution is -1.96. The molecule has 3 rings (SSSR count). The predicted octanol–water partition coefficient (Wildman–Crippen LogP) is 4.65. The highest BCUT2D eigenvalue weighted by Gasteiger charge is 2.08. The minimum atomic E-state index is 0.760. The normalized spacial score (nSPS) is 10.6. The molecule has 0 amide bonds. The highest BCUT2D eigenvalue weighted by molar-refractivity contribution is 5.91. The van der Waals surface area contributed by atoms with Crippen LogP contribution in [0.4, 0.5) is 0 Å². The minimum Gasteiger partial charge on any atom is -0.496 e. The van der Waals surface area contributed by atoms with Crippen molar-refractivity contribution in [3.8, 4) is 17.2 Å². The van der Waals surface area contributed by atoms with Gasteiger partial charge in [-0.3, -0.25) is 0 Å². The van der Waals surface area contributed by atoms with E-state index in [0.29, 0.717) is 0 Å². The first-order valence-electron chi connectivity index (χ1n) is 8.02. The van der Waals surface area contributed by atoms with Crippen LogP contribution in [0, 0.1) is 0 Å². The van der Waals surface area contributed by atoms with Crippen LogP contribution >= 0.6 is 0 Å². The third-order valence-electron chi connectivity index (χ3n) is 4.33. The van der Waals surface area contributed by atoms with Crippen molar-refractivity contribution in [2.24, 2.45) is 0 Å². The van der Waals surface area contributed by atoms with E-state index in [-0.39, 0.29) is 0 Å². The molecule has 0 saturated heterocycles. The molecule has 0 aliphatic carbocycles. The smallest absolute Gasteiger partial charge is 0.160 e. The van der Waals surface area contributed by atoms with E-state index in [1.807, 2.05) is 24.3 Å². The van der Waals surface area contributed by atoms with Crippen molar-refractivity contribution in [1.29, 1.82) is 0 Å². The zero-order valence-corrected chi connectivity index (χ0v) is 14.3. The molecule has 0 aliphatic heterocycles. The van der Waals surface area contributed by atoms with Crippen LogP contribution in [0.5, 0.6) is 17.2 Å². The van der Waals surface area contributed by atoms with E-state index < -0.39 is 0 Å². The molecule has 3 nitrogen and oxygen atoms in total. The fourth-order valence-corrected chi connectivity index (χ4v) is 3.04. The van der Waals surface area contributed by atoms with Gasteiger partial charge in [0.05, 0.1) is 21.3 Å². The summed E-state index contributed by atoms with van der Waals surface area (Å²) in [5, 5.41) is 2.40. The summed E-state index contributed by atoms with van der Waals surface area (Å²) >= 11 is 0. The van der Waals surface area contributed by atoms with Gasteiger partial charge in [0.1, 0.15) is 5.75 Å². The van der Waals surface area contributed by atoms with Crippen LogP contribution in [0.25, 0.3) is 10.8 Å². The van der Waals surface area contributed by atoms with Crippen molar-refractivity contribution in [1.82, 2.24) is 0 Å². The first-order chi connectivity index (χ1) is 11.8. The quantitative estimate of drug-likeness (QED) is 0.661. The Labute approximate surface area is 142 Å². The van der Waals surface area contributed by atoms with E-state index >= 15 is 0 Å². The number of hydrogen-bond donors (Lipinski definition) is 0. The summed E-state index contributed by atoms with van der Waals surface area (Å²) in [4.78, 5) is 0. The van der Waals surface area contributed by atoms with Crippen LogP contribution in [-0.2, 0) is 12.8 Å². The molecule has 124 valence electrons. The van der Waals surface area contributed by atoms with Gasteiger partial charge in [0.2, 0.25) is 0 Å². The van der Waals surface area contributed by atoms with Gasteiger partial charge in [-0.1, -0.05) is 36.4 Å². The molecule has 3 aromatic rings. The molecule has 3 heteroatoms. The maximum atomic E-state index is 5.47. The predicted molar refractivity (Wildman–Crippen MR) is 97.5 cm³/mol. The van der Waals surface area contributed by atoms with Crippen molar-refractivity contribution >= 4 is 10.8 Å². The van der Waals surface area contributed by atoms with E-state index in [9.17, 15) is 0 Å². The maximum absolute atomic E-state index is 5.47. The number of benzene rings is 3. The topological polar surface area (TPSA) is 27.7 Å². The van der Waals surface area contributed by atoms with Gasteiger partial charge >= 0.3 is 0 Å². The van der Waals surface area contributed by atoms with E-state index in [1.54, 1.807) is 21.3 Å². The van der Waals surface area contributed by atoms with Crippen molar-refractivity contribution in [3.63, 3.8) is 0 Å². The largest absolute Gasteiger partial charge is 0.496 e. The summed E-state index contributed by atoms with van der Waals surface area (Å²) in [6.45, 7) is 0. The third-order valence-corrected chi connectivity index (χ3v) is 4.33. The Hall–Kier alpha value is -2.68. The monoisotopic (exact) mass is 322 g/mol. The summed E-state index contributed by atoms with van der Waals surface area (Å²) in [5.74, 6) is 2.45. The van der Waals surface area contributed by atoms with E-state index in [4.69, 9.17) is 14.2 Å². The summed E-state index contributed by atoms with van der Waals surface area (Å²) in [7, 11) is 5.03. The van der Waals surface area contributed by atoms with Crippen LogP contribution in [0.15, 0.2) is 54.6 Å². The standard InChI is InChI=1S/C21H22O3/c1-22-19-13-11-16(17-6-4-5-7-18(17)19)10-8-15-9-12-20(23-2)21(14-15)24-3/h4-7,9,11-14H,8,10H2,1-3H3. The molecule has 0 unspecified atom stereocenters. The summed E-state index contributed by atoms with van der Waals surface area (Å²) in [5.41, 5.74) is 2.55. The van der Waals surface area contributed by atoms with Crippen LogP contribution in [0.2, 0.25) is 0 Å². The maximum Gasteiger partial charge on any atom is 0.160 e. The van der Waals surface area contributed by atoms with Gasteiger partial charge in [0.15, 0.2) is 11.5 Å². The summed E-state index contributed by atoms with van der Waals surface area (Å²) < 4.78 is 16.2. The Balaban J connectivity index is 1.86. The first kappa shape index (κ1) is 16.2. The van der Waals surface area contributed by atoms with E-state index in [2.05, 4.69) is 30.3 Å². The van der Waals surface area contributed by atoms with Gasteiger partial charge in [-0.15, -0.1) is 0 Å². The van der Waals surface area contributed by atoms with Gasteiger partial charge in [0.25, 0.3) is 0 Å². The molecule has 0 spiro atoms. The molecule has 0 aliphatic rings. The van der Waals surface area contributed by atoms with Crippen LogP contribution in [0.3, 0.4) is 0 Å². The van der Waals surface area contributed by atoms with E-state index in [1.165, 1.54) is 16.5 Å². The number of hydrogen-bond acceptors (Lipinski definition) is 3. The van der Waals surface area contributed by atoms with Crippen molar-refractivity contribution in [3.05, 3.63) is 65.7 Å². The number of rotatable bonds is 6. The first-order valence-corrected chi connectivity index (χ1v) is 8.02. The molecule has 0 aromatic heterocycles. The second-order valence-electron chi connectivity index (χ2n) is 5.66. The van der Waals surface area contributed by atoms with E-state index in [0.717, 1.165) is 35.5 Å². The molecule has 0 saturated carbocycles. The van der Waals surface area contributed by atoms with Crippen molar-refractivity contribution in [2.45, 2.75) is 12.8 Å². The van der Waals surface area contributed by atoms with Crippen molar-refractivity contribution < 1.29 is 14.2 Å².